The largest absolute Gasteiger partial charge is 0.480 e. The van der Waals surface area contributed by atoms with E-state index in [1.165, 1.54) is 6.92 Å². The Morgan fingerprint density at radius 1 is 1.33 bits per heavy atom. The molecule has 1 aromatic rings. The standard InChI is InChI=1S/C12H12F4N2O3/c1-2-9(10(19)20)18-11(21)17-6-3-4-8(13)7(5-6)12(14,15)16/h3-5,9H,2H2,1H3,(H,19,20)(H2,17,18,21)/t9-/m0/s1. The molecule has 21 heavy (non-hydrogen) atoms. The van der Waals surface area contributed by atoms with Crippen molar-refractivity contribution in [2.24, 2.45) is 0 Å². The van der Waals surface area contributed by atoms with Crippen LogP contribution in [0, 0.1) is 5.82 Å². The number of aliphatic carboxylic acids is 1. The van der Waals surface area contributed by atoms with Gasteiger partial charge in [-0.1, -0.05) is 6.92 Å². The maximum absolute atomic E-state index is 13.0. The van der Waals surface area contributed by atoms with E-state index in [0.29, 0.717) is 12.1 Å². The minimum absolute atomic E-state index is 0.0972. The van der Waals surface area contributed by atoms with Crippen molar-refractivity contribution in [1.29, 1.82) is 0 Å². The van der Waals surface area contributed by atoms with Gasteiger partial charge in [-0.3, -0.25) is 0 Å². The predicted molar refractivity (Wildman–Crippen MR) is 65.3 cm³/mol. The number of halogens is 4. The van der Waals surface area contributed by atoms with E-state index in [-0.39, 0.29) is 12.1 Å². The Balaban J connectivity index is 2.84. The molecule has 0 bridgehead atoms. The highest BCUT2D eigenvalue weighted by Gasteiger charge is 2.34. The fourth-order valence-corrected chi connectivity index (χ4v) is 1.48. The SMILES string of the molecule is CC[C@H](NC(=O)Nc1ccc(F)c(C(F)(F)F)c1)C(=O)O. The maximum atomic E-state index is 13.0. The molecule has 0 fully saturated rings. The summed E-state index contributed by atoms with van der Waals surface area (Å²) in [6, 6.07) is -0.244. The molecule has 0 aliphatic heterocycles. The smallest absolute Gasteiger partial charge is 0.419 e. The van der Waals surface area contributed by atoms with Crippen LogP contribution < -0.4 is 10.6 Å². The average molecular weight is 308 g/mol. The quantitative estimate of drug-likeness (QED) is 0.748. The minimum Gasteiger partial charge on any atom is -0.480 e. The number of carbonyl (C=O) groups is 2. The molecular weight excluding hydrogens is 296 g/mol. The number of carboxylic acids is 1. The highest BCUT2D eigenvalue weighted by atomic mass is 19.4. The average Bonchev–Trinajstić information content (AvgIpc) is 2.36. The van der Waals surface area contributed by atoms with Crippen LogP contribution in [0.3, 0.4) is 0 Å². The van der Waals surface area contributed by atoms with Crippen molar-refractivity contribution in [2.75, 3.05) is 5.32 Å². The van der Waals surface area contributed by atoms with Crippen LogP contribution in [-0.2, 0) is 11.0 Å². The number of nitrogens with one attached hydrogen (secondary N) is 2. The fourth-order valence-electron chi connectivity index (χ4n) is 1.48. The molecule has 1 aromatic carbocycles. The number of anilines is 1. The Morgan fingerprint density at radius 3 is 2.43 bits per heavy atom. The normalized spacial score (nSPS) is 12.6. The highest BCUT2D eigenvalue weighted by molar-refractivity contribution is 5.92. The first-order chi connectivity index (χ1) is 9.65. The van der Waals surface area contributed by atoms with Crippen LogP contribution in [-0.4, -0.2) is 23.1 Å². The van der Waals surface area contributed by atoms with Crippen LogP contribution in [0.25, 0.3) is 0 Å². The van der Waals surface area contributed by atoms with Gasteiger partial charge in [0.2, 0.25) is 0 Å². The molecule has 0 saturated heterocycles. The zero-order chi connectivity index (χ0) is 16.2. The molecule has 0 heterocycles. The molecular formula is C12H12F4N2O3. The van der Waals surface area contributed by atoms with Gasteiger partial charge in [0, 0.05) is 5.69 Å². The molecule has 9 heteroatoms. The maximum Gasteiger partial charge on any atom is 0.419 e. The molecule has 1 rings (SSSR count). The number of benzene rings is 1. The summed E-state index contributed by atoms with van der Waals surface area (Å²) in [5.74, 6) is -2.74. The first-order valence-corrected chi connectivity index (χ1v) is 5.82. The minimum atomic E-state index is -4.90. The van der Waals surface area contributed by atoms with E-state index in [2.05, 4.69) is 5.32 Å². The van der Waals surface area contributed by atoms with Gasteiger partial charge >= 0.3 is 18.2 Å². The Hall–Kier alpha value is -2.32. The summed E-state index contributed by atoms with van der Waals surface area (Å²) in [4.78, 5) is 22.2. The van der Waals surface area contributed by atoms with Crippen LogP contribution in [0.4, 0.5) is 28.0 Å². The summed E-state index contributed by atoms with van der Waals surface area (Å²) in [6.45, 7) is 1.51. The zero-order valence-corrected chi connectivity index (χ0v) is 10.8. The van der Waals surface area contributed by atoms with Crippen molar-refractivity contribution in [3.63, 3.8) is 0 Å². The van der Waals surface area contributed by atoms with Crippen molar-refractivity contribution in [1.82, 2.24) is 5.32 Å². The third-order valence-electron chi connectivity index (χ3n) is 2.54. The van der Waals surface area contributed by atoms with Crippen molar-refractivity contribution < 1.29 is 32.3 Å². The van der Waals surface area contributed by atoms with Gasteiger partial charge in [-0.15, -0.1) is 0 Å². The second kappa shape index (κ2) is 6.42. The van der Waals surface area contributed by atoms with Crippen LogP contribution >= 0.6 is 0 Å². The Bertz CT molecular complexity index is 546. The molecule has 0 aromatic heterocycles. The van der Waals surface area contributed by atoms with E-state index in [9.17, 15) is 27.2 Å². The topological polar surface area (TPSA) is 78.4 Å². The van der Waals surface area contributed by atoms with E-state index in [1.807, 2.05) is 5.32 Å². The number of rotatable bonds is 4. The lowest BCUT2D eigenvalue weighted by Crippen LogP contribution is -2.42. The molecule has 0 unspecified atom stereocenters. The van der Waals surface area contributed by atoms with Gasteiger partial charge in [0.1, 0.15) is 11.9 Å². The Kier molecular flexibility index (Phi) is 5.12. The van der Waals surface area contributed by atoms with E-state index < -0.39 is 35.6 Å². The van der Waals surface area contributed by atoms with E-state index in [0.717, 1.165) is 6.07 Å². The summed E-state index contributed by atoms with van der Waals surface area (Å²) in [5, 5.41) is 12.8. The molecule has 2 amide bonds. The first-order valence-electron chi connectivity index (χ1n) is 5.82. The second-order valence-corrected chi connectivity index (χ2v) is 4.09. The Labute approximate surface area is 117 Å². The molecule has 0 aliphatic carbocycles. The van der Waals surface area contributed by atoms with E-state index in [4.69, 9.17) is 5.11 Å². The molecule has 1 atom stereocenters. The van der Waals surface area contributed by atoms with Gasteiger partial charge < -0.3 is 15.7 Å². The lowest BCUT2D eigenvalue weighted by Gasteiger charge is -2.14. The van der Waals surface area contributed by atoms with Gasteiger partial charge in [-0.2, -0.15) is 13.2 Å². The molecule has 0 spiro atoms. The van der Waals surface area contributed by atoms with Crippen molar-refractivity contribution in [3.05, 3.63) is 29.6 Å². The summed E-state index contributed by atoms with van der Waals surface area (Å²) in [6.07, 6.45) is -4.80. The number of carbonyl (C=O) groups excluding carboxylic acids is 1. The van der Waals surface area contributed by atoms with E-state index >= 15 is 0 Å². The number of alkyl halides is 3. The number of amides is 2. The van der Waals surface area contributed by atoms with Gasteiger partial charge in [0.05, 0.1) is 5.56 Å². The third kappa shape index (κ3) is 4.62. The molecule has 116 valence electrons. The third-order valence-corrected chi connectivity index (χ3v) is 2.54. The number of hydrogen-bond acceptors (Lipinski definition) is 2. The Morgan fingerprint density at radius 2 is 1.95 bits per heavy atom. The van der Waals surface area contributed by atoms with Crippen LogP contribution in [0.5, 0.6) is 0 Å². The van der Waals surface area contributed by atoms with Crippen molar-refractivity contribution in [2.45, 2.75) is 25.6 Å². The lowest BCUT2D eigenvalue weighted by atomic mass is 10.2. The summed E-state index contributed by atoms with van der Waals surface area (Å²) in [5.41, 5.74) is -1.83. The van der Waals surface area contributed by atoms with Gasteiger partial charge in [0.15, 0.2) is 0 Å². The highest BCUT2D eigenvalue weighted by Crippen LogP contribution is 2.32. The fraction of sp³-hybridized carbons (Fsp3) is 0.333. The summed E-state index contributed by atoms with van der Waals surface area (Å²) in [7, 11) is 0. The van der Waals surface area contributed by atoms with E-state index in [1.54, 1.807) is 0 Å². The van der Waals surface area contributed by atoms with Gasteiger partial charge in [-0.25, -0.2) is 14.0 Å². The van der Waals surface area contributed by atoms with Crippen LogP contribution in [0.2, 0.25) is 0 Å². The number of hydrogen-bond donors (Lipinski definition) is 3. The predicted octanol–water partition coefficient (Wildman–Crippen LogP) is 2.83. The second-order valence-electron chi connectivity index (χ2n) is 4.09. The molecule has 3 N–H and O–H groups in total. The van der Waals surface area contributed by atoms with Crippen LogP contribution in [0.1, 0.15) is 18.9 Å². The lowest BCUT2D eigenvalue weighted by molar-refractivity contribution is -0.140. The van der Waals surface area contributed by atoms with Gasteiger partial charge in [-0.05, 0) is 24.6 Å². The van der Waals surface area contributed by atoms with Gasteiger partial charge in [0.25, 0.3) is 0 Å². The first kappa shape index (κ1) is 16.7. The molecule has 5 nitrogen and oxygen atoms in total. The molecule has 0 saturated carbocycles. The number of carboxylic acid groups (broad SMARTS) is 1. The molecule has 0 radical (unpaired) electrons. The monoisotopic (exact) mass is 308 g/mol. The van der Waals surface area contributed by atoms with Crippen LogP contribution in [0.15, 0.2) is 18.2 Å². The van der Waals surface area contributed by atoms with Crippen molar-refractivity contribution in [3.8, 4) is 0 Å². The number of urea groups is 1. The summed E-state index contributed by atoms with van der Waals surface area (Å²) < 4.78 is 50.5. The molecule has 0 aliphatic rings. The zero-order valence-electron chi connectivity index (χ0n) is 10.8. The van der Waals surface area contributed by atoms with Crippen molar-refractivity contribution >= 4 is 17.7 Å². The summed E-state index contributed by atoms with van der Waals surface area (Å²) >= 11 is 0.